The van der Waals surface area contributed by atoms with Crippen LogP contribution in [0.1, 0.15) is 12.5 Å². The average molecular weight is 318 g/mol. The molecule has 0 saturated heterocycles. The summed E-state index contributed by atoms with van der Waals surface area (Å²) in [7, 11) is 0. The summed E-state index contributed by atoms with van der Waals surface area (Å²) >= 11 is 1.19. The van der Waals surface area contributed by atoms with Crippen LogP contribution >= 0.6 is 11.8 Å². The predicted molar refractivity (Wildman–Crippen MR) is 86.3 cm³/mol. The Morgan fingerprint density at radius 3 is 2.95 bits per heavy atom. The van der Waals surface area contributed by atoms with Gasteiger partial charge >= 0.3 is 0 Å². The molecule has 1 N–H and O–H groups in total. The molecule has 0 aliphatic rings. The molecule has 0 radical (unpaired) electrons. The van der Waals surface area contributed by atoms with Crippen molar-refractivity contribution in [1.29, 1.82) is 0 Å². The van der Waals surface area contributed by atoms with E-state index < -0.39 is 11.3 Å². The van der Waals surface area contributed by atoms with Crippen LogP contribution in [0.2, 0.25) is 0 Å². The second-order valence-electron chi connectivity index (χ2n) is 4.42. The summed E-state index contributed by atoms with van der Waals surface area (Å²) in [5.41, 5.74) is 0.244. The molecule has 2 aromatic rings. The summed E-state index contributed by atoms with van der Waals surface area (Å²) in [4.78, 5) is 15.9. The first-order chi connectivity index (χ1) is 10.6. The summed E-state index contributed by atoms with van der Waals surface area (Å²) in [6.45, 7) is 2.29. The fourth-order valence-electron chi connectivity index (χ4n) is 1.88. The number of terminal acetylenes is 1. The van der Waals surface area contributed by atoms with Gasteiger partial charge in [0.25, 0.3) is 5.91 Å². The lowest BCUT2D eigenvalue weighted by Gasteiger charge is -2.17. The first-order valence-corrected chi connectivity index (χ1v) is 7.91. The summed E-state index contributed by atoms with van der Waals surface area (Å²) in [6, 6.07) is 4.48. The van der Waals surface area contributed by atoms with Crippen LogP contribution < -0.4 is 10.1 Å². The van der Waals surface area contributed by atoms with Crippen molar-refractivity contribution in [2.24, 2.45) is 0 Å². The quantitative estimate of drug-likeness (QED) is 0.680. The Hall–Kier alpha value is -2.26. The van der Waals surface area contributed by atoms with Crippen molar-refractivity contribution in [2.45, 2.75) is 12.4 Å². The largest absolute Gasteiger partial charge is 0.467 e. The maximum Gasteiger partial charge on any atom is 0.271 e. The molecule has 0 spiro atoms. The lowest BCUT2D eigenvalue weighted by atomic mass is 10.1. The molecule has 0 saturated carbocycles. The number of carbonyl (C=O) groups is 1. The van der Waals surface area contributed by atoms with E-state index >= 15 is 0 Å². The summed E-state index contributed by atoms with van der Waals surface area (Å²) in [5.74, 6) is 1.60. The lowest BCUT2D eigenvalue weighted by Crippen LogP contribution is -2.36. The predicted octanol–water partition coefficient (Wildman–Crippen LogP) is 2.56. The van der Waals surface area contributed by atoms with Gasteiger partial charge in [-0.05, 0) is 25.3 Å². The van der Waals surface area contributed by atoms with E-state index in [9.17, 15) is 9.18 Å². The van der Waals surface area contributed by atoms with E-state index in [2.05, 4.69) is 16.2 Å². The van der Waals surface area contributed by atoms with Crippen molar-refractivity contribution in [3.63, 3.8) is 0 Å². The molecule has 0 fully saturated rings. The molecule has 4 nitrogen and oxygen atoms in total. The van der Waals surface area contributed by atoms with Crippen molar-refractivity contribution in [3.05, 3.63) is 35.8 Å². The SMILES string of the molecule is C#Cc1cnc2cc(F)c(OC(SC)C(=O)NCC)cc2c1. The highest BCUT2D eigenvalue weighted by atomic mass is 32.2. The van der Waals surface area contributed by atoms with Gasteiger partial charge in [0, 0.05) is 29.8 Å². The number of benzene rings is 1. The lowest BCUT2D eigenvalue weighted by molar-refractivity contribution is -0.124. The summed E-state index contributed by atoms with van der Waals surface area (Å²) in [6.07, 6.45) is 8.55. The van der Waals surface area contributed by atoms with E-state index in [1.54, 1.807) is 19.2 Å². The van der Waals surface area contributed by atoms with Crippen LogP contribution in [0.25, 0.3) is 10.9 Å². The second kappa shape index (κ2) is 7.14. The topological polar surface area (TPSA) is 51.2 Å². The van der Waals surface area contributed by atoms with Crippen molar-refractivity contribution < 1.29 is 13.9 Å². The minimum atomic E-state index is -0.823. The van der Waals surface area contributed by atoms with E-state index in [1.165, 1.54) is 30.1 Å². The number of nitrogens with zero attached hydrogens (tertiary/aromatic N) is 1. The molecular weight excluding hydrogens is 303 g/mol. The number of rotatable bonds is 5. The number of hydrogen-bond donors (Lipinski definition) is 1. The third kappa shape index (κ3) is 3.49. The Labute approximate surface area is 132 Å². The molecule has 0 aliphatic heterocycles. The van der Waals surface area contributed by atoms with Gasteiger partial charge in [0.2, 0.25) is 5.44 Å². The zero-order valence-electron chi connectivity index (χ0n) is 12.2. The fraction of sp³-hybridized carbons (Fsp3) is 0.250. The number of amides is 1. The van der Waals surface area contributed by atoms with Crippen molar-refractivity contribution >= 4 is 28.6 Å². The Kier molecular flexibility index (Phi) is 5.23. The number of pyridine rings is 1. The third-order valence-corrected chi connectivity index (χ3v) is 3.65. The Morgan fingerprint density at radius 2 is 2.32 bits per heavy atom. The van der Waals surface area contributed by atoms with Crippen LogP contribution in [0.5, 0.6) is 5.75 Å². The normalized spacial score (nSPS) is 11.7. The zero-order chi connectivity index (χ0) is 16.1. The number of carbonyl (C=O) groups excluding carboxylic acids is 1. The monoisotopic (exact) mass is 318 g/mol. The van der Waals surface area contributed by atoms with E-state index in [0.717, 1.165) is 0 Å². The zero-order valence-corrected chi connectivity index (χ0v) is 13.0. The molecule has 1 aromatic carbocycles. The molecule has 22 heavy (non-hydrogen) atoms. The number of hydrogen-bond acceptors (Lipinski definition) is 4. The van der Waals surface area contributed by atoms with Gasteiger partial charge in [0.15, 0.2) is 11.6 Å². The van der Waals surface area contributed by atoms with Gasteiger partial charge in [-0.3, -0.25) is 9.78 Å². The van der Waals surface area contributed by atoms with E-state index in [1.807, 2.05) is 0 Å². The maximum absolute atomic E-state index is 14.1. The van der Waals surface area contributed by atoms with Gasteiger partial charge in [-0.15, -0.1) is 18.2 Å². The highest BCUT2D eigenvalue weighted by Crippen LogP contribution is 2.26. The van der Waals surface area contributed by atoms with Crippen molar-refractivity contribution in [2.75, 3.05) is 12.8 Å². The minimum absolute atomic E-state index is 0.00549. The van der Waals surface area contributed by atoms with Crippen LogP contribution in [-0.4, -0.2) is 29.1 Å². The number of nitrogens with one attached hydrogen (secondary N) is 1. The molecule has 1 heterocycles. The van der Waals surface area contributed by atoms with Gasteiger partial charge in [-0.2, -0.15) is 0 Å². The van der Waals surface area contributed by atoms with Gasteiger partial charge in [0.1, 0.15) is 0 Å². The van der Waals surface area contributed by atoms with E-state index in [0.29, 0.717) is 23.0 Å². The van der Waals surface area contributed by atoms with Gasteiger partial charge in [-0.1, -0.05) is 5.92 Å². The molecule has 0 aliphatic carbocycles. The molecule has 1 atom stereocenters. The molecule has 114 valence electrons. The molecule has 1 amide bonds. The van der Waals surface area contributed by atoms with Gasteiger partial charge < -0.3 is 10.1 Å². The number of fused-ring (bicyclic) bond motifs is 1. The maximum atomic E-state index is 14.1. The molecule has 1 unspecified atom stereocenters. The van der Waals surface area contributed by atoms with Gasteiger partial charge in [-0.25, -0.2) is 4.39 Å². The van der Waals surface area contributed by atoms with Crippen molar-refractivity contribution in [3.8, 4) is 18.1 Å². The summed E-state index contributed by atoms with van der Waals surface area (Å²) < 4.78 is 19.6. The first-order valence-electron chi connectivity index (χ1n) is 6.62. The molecular formula is C16H15FN2O2S. The first kappa shape index (κ1) is 16.1. The Morgan fingerprint density at radius 1 is 1.55 bits per heavy atom. The molecule has 0 bridgehead atoms. The smallest absolute Gasteiger partial charge is 0.271 e. The molecule has 1 aromatic heterocycles. The van der Waals surface area contributed by atoms with E-state index in [4.69, 9.17) is 11.2 Å². The molecule has 2 rings (SSSR count). The Bertz CT molecular complexity index is 743. The average Bonchev–Trinajstić information content (AvgIpc) is 2.52. The highest BCUT2D eigenvalue weighted by Gasteiger charge is 2.20. The van der Waals surface area contributed by atoms with Crippen LogP contribution in [0.4, 0.5) is 4.39 Å². The number of halogens is 1. The van der Waals surface area contributed by atoms with Crippen LogP contribution in [0.3, 0.4) is 0 Å². The fourth-order valence-corrected chi connectivity index (χ4v) is 2.38. The van der Waals surface area contributed by atoms with Crippen LogP contribution in [0.15, 0.2) is 24.4 Å². The number of thioether (sulfide) groups is 1. The number of ether oxygens (including phenoxy) is 1. The Balaban J connectivity index is 2.35. The van der Waals surface area contributed by atoms with E-state index in [-0.39, 0.29) is 11.7 Å². The second-order valence-corrected chi connectivity index (χ2v) is 5.32. The minimum Gasteiger partial charge on any atom is -0.467 e. The summed E-state index contributed by atoms with van der Waals surface area (Å²) in [5, 5.41) is 3.30. The third-order valence-electron chi connectivity index (χ3n) is 2.91. The standard InChI is InChI=1S/C16H15FN2O2S/c1-4-10-6-11-7-14(12(17)8-13(11)19-9-10)21-16(22-3)15(20)18-5-2/h1,6-9,16H,5H2,2-3H3,(H,18,20). The number of aromatic nitrogens is 1. The molecule has 6 heteroatoms. The highest BCUT2D eigenvalue weighted by molar-refractivity contribution is 7.99. The van der Waals surface area contributed by atoms with Crippen molar-refractivity contribution in [1.82, 2.24) is 10.3 Å². The van der Waals surface area contributed by atoms with Gasteiger partial charge in [0.05, 0.1) is 5.52 Å². The van der Waals surface area contributed by atoms with Crippen LogP contribution in [0, 0.1) is 18.2 Å². The van der Waals surface area contributed by atoms with Crippen LogP contribution in [-0.2, 0) is 4.79 Å². The number of likely N-dealkylation sites (N-methyl/N-ethyl adjacent to an activating group) is 1.